The average molecular weight is 407 g/mol. The summed E-state index contributed by atoms with van der Waals surface area (Å²) in [5.41, 5.74) is 2.41. The number of hydrogen-bond acceptors (Lipinski definition) is 5. The van der Waals surface area contributed by atoms with Crippen molar-refractivity contribution in [3.05, 3.63) is 63.6 Å². The lowest BCUT2D eigenvalue weighted by Gasteiger charge is -2.36. The van der Waals surface area contributed by atoms with Crippen LogP contribution in [0.4, 0.5) is 0 Å². The highest BCUT2D eigenvalue weighted by Crippen LogP contribution is 2.24. The number of piperazine rings is 1. The zero-order chi connectivity index (χ0) is 19.2. The summed E-state index contributed by atoms with van der Waals surface area (Å²) in [6.07, 6.45) is 0.985. The van der Waals surface area contributed by atoms with Crippen molar-refractivity contribution in [3.8, 4) is 0 Å². The van der Waals surface area contributed by atoms with Gasteiger partial charge >= 0.3 is 0 Å². The molecule has 7 nitrogen and oxygen atoms in total. The Kier molecular flexibility index (Phi) is 8.17. The zero-order valence-electron chi connectivity index (χ0n) is 16.3. The number of benzene rings is 1. The molecular formula is C20H27ClN4O3. The van der Waals surface area contributed by atoms with Crippen LogP contribution in [0.1, 0.15) is 34.6 Å². The average Bonchev–Trinajstić information content (AvgIpc) is 2.72. The second-order valence-corrected chi connectivity index (χ2v) is 6.59. The standard InChI is InChI=1S/C20H26N4O3.ClH/c1-3-15-4-6-16(7-5-15)18-14-21-10-11-23(18)20(26)17-8-9-19(25)24(22-17)12-13-27-2;/h4-9,18,21H,3,10-14H2,1-2H3;1H. The number of halogens is 1. The van der Waals surface area contributed by atoms with Gasteiger partial charge in [-0.1, -0.05) is 31.2 Å². The summed E-state index contributed by atoms with van der Waals surface area (Å²) in [6, 6.07) is 11.2. The van der Waals surface area contributed by atoms with Gasteiger partial charge in [-0.15, -0.1) is 12.4 Å². The van der Waals surface area contributed by atoms with Gasteiger partial charge in [-0.3, -0.25) is 9.59 Å². The number of carbonyl (C=O) groups is 1. The fourth-order valence-electron chi connectivity index (χ4n) is 3.27. The summed E-state index contributed by atoms with van der Waals surface area (Å²) in [5.74, 6) is -0.160. The first kappa shape index (κ1) is 22.1. The van der Waals surface area contributed by atoms with Crippen LogP contribution in [0.15, 0.2) is 41.2 Å². The van der Waals surface area contributed by atoms with Gasteiger partial charge in [0.05, 0.1) is 19.2 Å². The molecule has 1 saturated heterocycles. The number of aryl methyl sites for hydroxylation is 1. The van der Waals surface area contributed by atoms with Crippen molar-refractivity contribution in [3.63, 3.8) is 0 Å². The fraction of sp³-hybridized carbons (Fsp3) is 0.450. The molecule has 2 aromatic rings. The number of amides is 1. The Bertz CT molecular complexity index is 838. The van der Waals surface area contributed by atoms with Crippen molar-refractivity contribution < 1.29 is 9.53 Å². The monoisotopic (exact) mass is 406 g/mol. The van der Waals surface area contributed by atoms with Crippen LogP contribution in [0, 0.1) is 0 Å². The minimum absolute atomic E-state index is 0. The van der Waals surface area contributed by atoms with Gasteiger partial charge in [0.2, 0.25) is 0 Å². The topological polar surface area (TPSA) is 76.5 Å². The predicted octanol–water partition coefficient (Wildman–Crippen LogP) is 1.66. The van der Waals surface area contributed by atoms with E-state index in [1.807, 2.05) is 4.90 Å². The van der Waals surface area contributed by atoms with E-state index in [1.54, 1.807) is 7.11 Å². The number of ether oxygens (including phenoxy) is 1. The summed E-state index contributed by atoms with van der Waals surface area (Å²) in [6.45, 7) is 4.83. The van der Waals surface area contributed by atoms with E-state index in [0.29, 0.717) is 26.2 Å². The van der Waals surface area contributed by atoms with E-state index in [-0.39, 0.29) is 35.6 Å². The Hall–Kier alpha value is -2.22. The van der Waals surface area contributed by atoms with Crippen LogP contribution in [0.25, 0.3) is 0 Å². The molecule has 2 heterocycles. The minimum Gasteiger partial charge on any atom is -0.383 e. The summed E-state index contributed by atoms with van der Waals surface area (Å²) < 4.78 is 6.29. The number of methoxy groups -OCH3 is 1. The number of nitrogens with zero attached hydrogens (tertiary/aromatic N) is 3. The van der Waals surface area contributed by atoms with Gasteiger partial charge in [0, 0.05) is 32.8 Å². The molecule has 1 aliphatic heterocycles. The molecule has 152 valence electrons. The maximum atomic E-state index is 13.1. The number of carbonyl (C=O) groups excluding carboxylic acids is 1. The lowest BCUT2D eigenvalue weighted by atomic mass is 10.0. The molecule has 0 bridgehead atoms. The molecule has 0 radical (unpaired) electrons. The molecular weight excluding hydrogens is 380 g/mol. The molecule has 28 heavy (non-hydrogen) atoms. The first-order chi connectivity index (χ1) is 13.1. The molecule has 1 atom stereocenters. The lowest BCUT2D eigenvalue weighted by molar-refractivity contribution is 0.0624. The molecule has 3 rings (SSSR count). The van der Waals surface area contributed by atoms with E-state index >= 15 is 0 Å². The van der Waals surface area contributed by atoms with Gasteiger partial charge in [-0.05, 0) is 23.6 Å². The highest BCUT2D eigenvalue weighted by atomic mass is 35.5. The minimum atomic E-state index is -0.240. The second kappa shape index (κ2) is 10.4. The largest absolute Gasteiger partial charge is 0.383 e. The fourth-order valence-corrected chi connectivity index (χ4v) is 3.27. The normalized spacial score (nSPS) is 16.5. The SMILES string of the molecule is CCc1ccc(C2CNCCN2C(=O)c2ccc(=O)n(CCOC)n2)cc1.Cl. The van der Waals surface area contributed by atoms with E-state index in [1.165, 1.54) is 22.4 Å². The second-order valence-electron chi connectivity index (χ2n) is 6.59. The molecule has 1 aromatic heterocycles. The Morgan fingerprint density at radius 1 is 1.25 bits per heavy atom. The van der Waals surface area contributed by atoms with Crippen molar-refractivity contribution in [1.82, 2.24) is 20.0 Å². The van der Waals surface area contributed by atoms with Crippen molar-refractivity contribution in [2.75, 3.05) is 33.4 Å². The van der Waals surface area contributed by atoms with Crippen LogP contribution in [0.5, 0.6) is 0 Å². The first-order valence-electron chi connectivity index (χ1n) is 9.31. The number of nitrogens with one attached hydrogen (secondary N) is 1. The molecule has 1 aliphatic rings. The van der Waals surface area contributed by atoms with E-state index in [0.717, 1.165) is 18.5 Å². The van der Waals surface area contributed by atoms with Crippen molar-refractivity contribution in [2.24, 2.45) is 0 Å². The van der Waals surface area contributed by atoms with E-state index in [4.69, 9.17) is 4.74 Å². The molecule has 1 unspecified atom stereocenters. The highest BCUT2D eigenvalue weighted by molar-refractivity contribution is 5.92. The number of aromatic nitrogens is 2. The predicted molar refractivity (Wildman–Crippen MR) is 110 cm³/mol. The molecule has 0 saturated carbocycles. The molecule has 1 aromatic carbocycles. The summed E-state index contributed by atoms with van der Waals surface area (Å²) in [7, 11) is 1.56. The van der Waals surface area contributed by atoms with E-state index in [2.05, 4.69) is 41.6 Å². The Balaban J connectivity index is 0.00000280. The van der Waals surface area contributed by atoms with Crippen molar-refractivity contribution >= 4 is 18.3 Å². The third-order valence-electron chi connectivity index (χ3n) is 4.87. The Morgan fingerprint density at radius 3 is 2.68 bits per heavy atom. The van der Waals surface area contributed by atoms with Crippen molar-refractivity contribution in [1.29, 1.82) is 0 Å². The Morgan fingerprint density at radius 2 is 2.00 bits per heavy atom. The molecule has 0 spiro atoms. The van der Waals surface area contributed by atoms with Crippen LogP contribution >= 0.6 is 12.4 Å². The number of hydrogen-bond donors (Lipinski definition) is 1. The van der Waals surface area contributed by atoms with E-state index in [9.17, 15) is 9.59 Å². The molecule has 1 fully saturated rings. The third-order valence-corrected chi connectivity index (χ3v) is 4.87. The summed E-state index contributed by atoms with van der Waals surface area (Å²) in [5, 5.41) is 7.61. The number of rotatable bonds is 6. The smallest absolute Gasteiger partial charge is 0.274 e. The quantitative estimate of drug-likeness (QED) is 0.789. The van der Waals surface area contributed by atoms with Crippen molar-refractivity contribution in [2.45, 2.75) is 25.9 Å². The van der Waals surface area contributed by atoms with Crippen LogP contribution in [0.2, 0.25) is 0 Å². The molecule has 1 N–H and O–H groups in total. The van der Waals surface area contributed by atoms with Gasteiger partial charge < -0.3 is 15.0 Å². The lowest BCUT2D eigenvalue weighted by Crippen LogP contribution is -2.49. The maximum absolute atomic E-state index is 13.1. The molecule has 0 aliphatic carbocycles. The van der Waals surface area contributed by atoms with Gasteiger partial charge in [-0.25, -0.2) is 4.68 Å². The van der Waals surface area contributed by atoms with Gasteiger partial charge in [0.25, 0.3) is 11.5 Å². The highest BCUT2D eigenvalue weighted by Gasteiger charge is 2.29. The van der Waals surface area contributed by atoms with Crippen LogP contribution in [-0.4, -0.2) is 53.9 Å². The summed E-state index contributed by atoms with van der Waals surface area (Å²) in [4.78, 5) is 26.9. The van der Waals surface area contributed by atoms with Gasteiger partial charge in [0.15, 0.2) is 0 Å². The summed E-state index contributed by atoms with van der Waals surface area (Å²) >= 11 is 0. The molecule has 8 heteroatoms. The van der Waals surface area contributed by atoms with Crippen LogP contribution in [0.3, 0.4) is 0 Å². The maximum Gasteiger partial charge on any atom is 0.274 e. The Labute approximate surface area is 171 Å². The van der Waals surface area contributed by atoms with Gasteiger partial charge in [0.1, 0.15) is 5.69 Å². The first-order valence-corrected chi connectivity index (χ1v) is 9.31. The third kappa shape index (κ3) is 4.98. The molecule has 1 amide bonds. The van der Waals surface area contributed by atoms with Gasteiger partial charge in [-0.2, -0.15) is 5.10 Å². The van der Waals surface area contributed by atoms with E-state index < -0.39 is 0 Å². The van der Waals surface area contributed by atoms with Crippen LogP contribution in [-0.2, 0) is 17.7 Å². The zero-order valence-corrected chi connectivity index (χ0v) is 17.1. The van der Waals surface area contributed by atoms with Crippen LogP contribution < -0.4 is 10.9 Å².